The van der Waals surface area contributed by atoms with Gasteiger partial charge in [-0.1, -0.05) is 13.8 Å². The molecular formula is C12H22N4O. The van der Waals surface area contributed by atoms with Crippen LogP contribution in [0.4, 0.5) is 11.6 Å². The summed E-state index contributed by atoms with van der Waals surface area (Å²) in [5.74, 6) is 2.50. The number of aliphatic hydroxyl groups excluding tert-OH is 1. The van der Waals surface area contributed by atoms with E-state index in [0.29, 0.717) is 12.4 Å². The largest absolute Gasteiger partial charge is 0.391 e. The van der Waals surface area contributed by atoms with E-state index in [1.54, 1.807) is 0 Å². The Morgan fingerprint density at radius 3 is 2.35 bits per heavy atom. The molecule has 0 aromatic carbocycles. The summed E-state index contributed by atoms with van der Waals surface area (Å²) in [6.07, 6.45) is -0.368. The molecule has 17 heavy (non-hydrogen) atoms. The Balaban J connectivity index is 2.64. The summed E-state index contributed by atoms with van der Waals surface area (Å²) < 4.78 is 0. The number of nitrogens with one attached hydrogen (secondary N) is 2. The monoisotopic (exact) mass is 238 g/mol. The smallest absolute Gasteiger partial charge is 0.131 e. The Morgan fingerprint density at radius 2 is 1.82 bits per heavy atom. The van der Waals surface area contributed by atoms with Crippen LogP contribution in [0.25, 0.3) is 0 Å². The third kappa shape index (κ3) is 4.56. The second kappa shape index (κ2) is 6.39. The summed E-state index contributed by atoms with van der Waals surface area (Å²) >= 11 is 0. The first kappa shape index (κ1) is 13.7. The minimum atomic E-state index is -0.368. The molecule has 96 valence electrons. The standard InChI is InChI=1S/C12H22N4O/c1-5-13-11-6-12(16-9(4)15-11)14-7-10(17)8(2)3/h6,8,10,17H,5,7H2,1-4H3,(H2,13,14,15,16). The van der Waals surface area contributed by atoms with E-state index < -0.39 is 0 Å². The van der Waals surface area contributed by atoms with Crippen molar-refractivity contribution >= 4 is 11.6 Å². The van der Waals surface area contributed by atoms with Gasteiger partial charge < -0.3 is 15.7 Å². The predicted molar refractivity (Wildman–Crippen MR) is 70.3 cm³/mol. The lowest BCUT2D eigenvalue weighted by Gasteiger charge is -2.16. The van der Waals surface area contributed by atoms with Crippen LogP contribution in [0.1, 0.15) is 26.6 Å². The topological polar surface area (TPSA) is 70.1 Å². The van der Waals surface area contributed by atoms with Crippen LogP contribution >= 0.6 is 0 Å². The average Bonchev–Trinajstić information content (AvgIpc) is 2.25. The van der Waals surface area contributed by atoms with E-state index in [9.17, 15) is 5.11 Å². The molecule has 1 atom stereocenters. The lowest BCUT2D eigenvalue weighted by atomic mass is 10.1. The van der Waals surface area contributed by atoms with Gasteiger partial charge >= 0.3 is 0 Å². The number of nitrogens with zero attached hydrogens (tertiary/aromatic N) is 2. The van der Waals surface area contributed by atoms with Crippen molar-refractivity contribution in [1.82, 2.24) is 9.97 Å². The van der Waals surface area contributed by atoms with E-state index in [0.717, 1.165) is 18.2 Å². The molecule has 1 aromatic rings. The maximum Gasteiger partial charge on any atom is 0.131 e. The Morgan fingerprint density at radius 1 is 1.24 bits per heavy atom. The second-order valence-corrected chi connectivity index (χ2v) is 4.41. The molecule has 0 radical (unpaired) electrons. The lowest BCUT2D eigenvalue weighted by molar-refractivity contribution is 0.138. The van der Waals surface area contributed by atoms with Gasteiger partial charge in [-0.2, -0.15) is 0 Å². The highest BCUT2D eigenvalue weighted by Gasteiger charge is 2.09. The van der Waals surface area contributed by atoms with E-state index in [4.69, 9.17) is 0 Å². The van der Waals surface area contributed by atoms with Crippen LogP contribution in [0.2, 0.25) is 0 Å². The molecule has 0 aliphatic rings. The summed E-state index contributed by atoms with van der Waals surface area (Å²) in [6.45, 7) is 9.17. The van der Waals surface area contributed by atoms with Crippen molar-refractivity contribution in [3.8, 4) is 0 Å². The number of aliphatic hydroxyl groups is 1. The number of aryl methyl sites for hydroxylation is 1. The second-order valence-electron chi connectivity index (χ2n) is 4.41. The van der Waals surface area contributed by atoms with Crippen LogP contribution in [0, 0.1) is 12.8 Å². The van der Waals surface area contributed by atoms with Crippen molar-refractivity contribution in [2.24, 2.45) is 5.92 Å². The van der Waals surface area contributed by atoms with Gasteiger partial charge in [0.25, 0.3) is 0 Å². The molecule has 0 fully saturated rings. The van der Waals surface area contributed by atoms with Crippen LogP contribution in [-0.4, -0.2) is 34.3 Å². The van der Waals surface area contributed by atoms with Gasteiger partial charge in [-0.05, 0) is 19.8 Å². The van der Waals surface area contributed by atoms with Crippen molar-refractivity contribution in [1.29, 1.82) is 0 Å². The third-order valence-electron chi connectivity index (χ3n) is 2.46. The highest BCUT2D eigenvalue weighted by molar-refractivity contribution is 5.47. The molecule has 5 heteroatoms. The van der Waals surface area contributed by atoms with Gasteiger partial charge in [0.2, 0.25) is 0 Å². The van der Waals surface area contributed by atoms with E-state index in [1.165, 1.54) is 0 Å². The highest BCUT2D eigenvalue weighted by atomic mass is 16.3. The SMILES string of the molecule is CCNc1cc(NCC(O)C(C)C)nc(C)n1. The zero-order valence-corrected chi connectivity index (χ0v) is 11.0. The zero-order chi connectivity index (χ0) is 12.8. The average molecular weight is 238 g/mol. The summed E-state index contributed by atoms with van der Waals surface area (Å²) in [6, 6.07) is 1.85. The molecule has 0 spiro atoms. The highest BCUT2D eigenvalue weighted by Crippen LogP contribution is 2.11. The zero-order valence-electron chi connectivity index (χ0n) is 11.0. The molecule has 0 aliphatic heterocycles. The van der Waals surface area contributed by atoms with Gasteiger partial charge in [0, 0.05) is 19.2 Å². The fourth-order valence-corrected chi connectivity index (χ4v) is 1.37. The van der Waals surface area contributed by atoms with Crippen LogP contribution in [0.5, 0.6) is 0 Å². The molecule has 0 saturated heterocycles. The maximum atomic E-state index is 9.71. The number of anilines is 2. The number of rotatable bonds is 6. The first-order valence-electron chi connectivity index (χ1n) is 6.04. The van der Waals surface area contributed by atoms with Crippen LogP contribution in [-0.2, 0) is 0 Å². The molecule has 1 heterocycles. The normalized spacial score (nSPS) is 12.6. The fraction of sp³-hybridized carbons (Fsp3) is 0.667. The minimum Gasteiger partial charge on any atom is -0.391 e. The van der Waals surface area contributed by atoms with Gasteiger partial charge in [-0.15, -0.1) is 0 Å². The van der Waals surface area contributed by atoms with Crippen molar-refractivity contribution < 1.29 is 5.11 Å². The Hall–Kier alpha value is -1.36. The van der Waals surface area contributed by atoms with Crippen molar-refractivity contribution in [3.63, 3.8) is 0 Å². The number of hydrogen-bond donors (Lipinski definition) is 3. The molecule has 1 unspecified atom stereocenters. The van der Waals surface area contributed by atoms with Crippen molar-refractivity contribution in [2.75, 3.05) is 23.7 Å². The molecule has 0 saturated carbocycles. The quantitative estimate of drug-likeness (QED) is 0.703. The minimum absolute atomic E-state index is 0.235. The van der Waals surface area contributed by atoms with Crippen LogP contribution in [0.15, 0.2) is 6.07 Å². The molecular weight excluding hydrogens is 216 g/mol. The van der Waals surface area contributed by atoms with Gasteiger partial charge in [-0.25, -0.2) is 9.97 Å². The molecule has 0 amide bonds. The molecule has 0 aliphatic carbocycles. The van der Waals surface area contributed by atoms with Crippen LogP contribution in [0.3, 0.4) is 0 Å². The Bertz CT molecular complexity index is 354. The summed E-state index contributed by atoms with van der Waals surface area (Å²) in [4.78, 5) is 8.54. The van der Waals surface area contributed by atoms with E-state index in [1.807, 2.05) is 33.8 Å². The van der Waals surface area contributed by atoms with E-state index in [-0.39, 0.29) is 12.0 Å². The maximum absolute atomic E-state index is 9.71. The van der Waals surface area contributed by atoms with Gasteiger partial charge in [0.05, 0.1) is 6.10 Å². The summed E-state index contributed by atoms with van der Waals surface area (Å²) in [5, 5.41) is 16.0. The number of aromatic nitrogens is 2. The summed E-state index contributed by atoms with van der Waals surface area (Å²) in [5.41, 5.74) is 0. The number of hydrogen-bond acceptors (Lipinski definition) is 5. The third-order valence-corrected chi connectivity index (χ3v) is 2.46. The van der Waals surface area contributed by atoms with Crippen molar-refractivity contribution in [2.45, 2.75) is 33.8 Å². The first-order valence-corrected chi connectivity index (χ1v) is 6.04. The van der Waals surface area contributed by atoms with Crippen LogP contribution < -0.4 is 10.6 Å². The first-order chi connectivity index (χ1) is 8.02. The lowest BCUT2D eigenvalue weighted by Crippen LogP contribution is -2.25. The molecule has 1 rings (SSSR count). The fourth-order valence-electron chi connectivity index (χ4n) is 1.37. The molecule has 5 nitrogen and oxygen atoms in total. The Labute approximate surface area is 103 Å². The Kier molecular flexibility index (Phi) is 5.15. The molecule has 0 bridgehead atoms. The van der Waals surface area contributed by atoms with E-state index in [2.05, 4.69) is 20.6 Å². The van der Waals surface area contributed by atoms with Gasteiger partial charge in [-0.3, -0.25) is 0 Å². The molecule has 3 N–H and O–H groups in total. The molecule has 1 aromatic heterocycles. The van der Waals surface area contributed by atoms with Gasteiger partial charge in [0.1, 0.15) is 17.5 Å². The van der Waals surface area contributed by atoms with E-state index >= 15 is 0 Å². The summed E-state index contributed by atoms with van der Waals surface area (Å²) in [7, 11) is 0. The van der Waals surface area contributed by atoms with Gasteiger partial charge in [0.15, 0.2) is 0 Å². The van der Waals surface area contributed by atoms with Crippen molar-refractivity contribution in [3.05, 3.63) is 11.9 Å². The predicted octanol–water partition coefficient (Wildman–Crippen LogP) is 1.65.